The predicted molar refractivity (Wildman–Crippen MR) is 60.6 cm³/mol. The van der Waals surface area contributed by atoms with E-state index in [1.807, 2.05) is 0 Å². The van der Waals surface area contributed by atoms with E-state index in [1.54, 1.807) is 42.5 Å². The lowest BCUT2D eigenvalue weighted by Gasteiger charge is -2.04. The Labute approximate surface area is 97.7 Å². The van der Waals surface area contributed by atoms with E-state index in [0.29, 0.717) is 10.8 Å². The van der Waals surface area contributed by atoms with Crippen LogP contribution in [0.2, 0.25) is 5.02 Å². The van der Waals surface area contributed by atoms with Crippen molar-refractivity contribution >= 4 is 17.6 Å². The van der Waals surface area contributed by atoms with Crippen LogP contribution in [0.15, 0.2) is 48.7 Å². The lowest BCUT2D eigenvalue weighted by molar-refractivity contribution is 0.0728. The van der Waals surface area contributed by atoms with Gasteiger partial charge in [-0.2, -0.15) is 0 Å². The van der Waals surface area contributed by atoms with Crippen LogP contribution in [0, 0.1) is 0 Å². The zero-order valence-corrected chi connectivity index (χ0v) is 9.02. The number of aromatic nitrogens is 1. The molecule has 0 amide bonds. The van der Waals surface area contributed by atoms with Gasteiger partial charge in [0.1, 0.15) is 11.4 Å². The van der Waals surface area contributed by atoms with Gasteiger partial charge in [0.05, 0.1) is 5.02 Å². The van der Waals surface area contributed by atoms with E-state index in [2.05, 4.69) is 4.98 Å². The second-order valence-corrected chi connectivity index (χ2v) is 3.44. The quantitative estimate of drug-likeness (QED) is 0.591. The molecule has 2 rings (SSSR count). The molecule has 4 heteroatoms. The summed E-state index contributed by atoms with van der Waals surface area (Å²) in [6.45, 7) is 0. The van der Waals surface area contributed by atoms with Crippen molar-refractivity contribution in [3.63, 3.8) is 0 Å². The van der Waals surface area contributed by atoms with E-state index in [1.165, 1.54) is 6.20 Å². The molecule has 2 aromatic rings. The summed E-state index contributed by atoms with van der Waals surface area (Å²) in [4.78, 5) is 15.5. The maximum Gasteiger partial charge on any atom is 0.362 e. The molecule has 0 N–H and O–H groups in total. The summed E-state index contributed by atoms with van der Waals surface area (Å²) in [6, 6.07) is 11.8. The van der Waals surface area contributed by atoms with Gasteiger partial charge < -0.3 is 4.74 Å². The number of rotatable bonds is 2. The van der Waals surface area contributed by atoms with Crippen molar-refractivity contribution in [3.8, 4) is 5.75 Å². The van der Waals surface area contributed by atoms with Crippen LogP contribution in [-0.4, -0.2) is 11.0 Å². The number of nitrogens with zero attached hydrogens (tertiary/aromatic N) is 1. The molecule has 0 unspecified atom stereocenters. The molecule has 0 bridgehead atoms. The maximum absolute atomic E-state index is 11.6. The molecule has 1 heterocycles. The third kappa shape index (κ3) is 2.38. The van der Waals surface area contributed by atoms with E-state index in [4.69, 9.17) is 16.3 Å². The molecular weight excluding hydrogens is 226 g/mol. The van der Waals surface area contributed by atoms with Crippen molar-refractivity contribution in [2.24, 2.45) is 0 Å². The van der Waals surface area contributed by atoms with E-state index in [0.717, 1.165) is 0 Å². The van der Waals surface area contributed by atoms with Gasteiger partial charge in [-0.3, -0.25) is 0 Å². The second kappa shape index (κ2) is 4.77. The van der Waals surface area contributed by atoms with Crippen molar-refractivity contribution in [2.45, 2.75) is 0 Å². The van der Waals surface area contributed by atoms with Crippen LogP contribution in [0.4, 0.5) is 0 Å². The zero-order valence-electron chi connectivity index (χ0n) is 8.26. The molecule has 0 aliphatic rings. The normalized spacial score (nSPS) is 9.81. The van der Waals surface area contributed by atoms with Crippen LogP contribution in [-0.2, 0) is 0 Å². The number of carbonyl (C=O) groups excluding carboxylic acids is 1. The van der Waals surface area contributed by atoms with Crippen molar-refractivity contribution < 1.29 is 9.53 Å². The Morgan fingerprint density at radius 2 is 1.88 bits per heavy atom. The van der Waals surface area contributed by atoms with Gasteiger partial charge in [-0.25, -0.2) is 9.78 Å². The Kier molecular flexibility index (Phi) is 3.17. The smallest absolute Gasteiger partial charge is 0.362 e. The van der Waals surface area contributed by atoms with Crippen LogP contribution in [0.1, 0.15) is 10.5 Å². The average Bonchev–Trinajstić information content (AvgIpc) is 2.33. The Morgan fingerprint density at radius 3 is 2.56 bits per heavy atom. The molecule has 0 aliphatic heterocycles. The number of para-hydroxylation sites is 1. The summed E-state index contributed by atoms with van der Waals surface area (Å²) in [7, 11) is 0. The summed E-state index contributed by atoms with van der Waals surface area (Å²) in [5.41, 5.74) is 0.252. The SMILES string of the molecule is O=C(Oc1ccccc1Cl)c1ccccn1. The minimum absolute atomic E-state index is 0.252. The fourth-order valence-corrected chi connectivity index (χ4v) is 1.34. The van der Waals surface area contributed by atoms with Crippen molar-refractivity contribution in [1.82, 2.24) is 4.98 Å². The molecular formula is C12H8ClNO2. The molecule has 0 radical (unpaired) electrons. The van der Waals surface area contributed by atoms with Gasteiger partial charge in [-0.1, -0.05) is 29.8 Å². The molecule has 3 nitrogen and oxygen atoms in total. The highest BCUT2D eigenvalue weighted by Gasteiger charge is 2.10. The lowest BCUT2D eigenvalue weighted by atomic mass is 10.3. The van der Waals surface area contributed by atoms with Crippen molar-refractivity contribution in [2.75, 3.05) is 0 Å². The average molecular weight is 234 g/mol. The first kappa shape index (κ1) is 10.6. The molecule has 0 saturated heterocycles. The Hall–Kier alpha value is -1.87. The fraction of sp³-hybridized carbons (Fsp3) is 0. The molecule has 1 aromatic heterocycles. The number of hydrogen-bond acceptors (Lipinski definition) is 3. The highest BCUT2D eigenvalue weighted by molar-refractivity contribution is 6.32. The highest BCUT2D eigenvalue weighted by Crippen LogP contribution is 2.23. The van der Waals surface area contributed by atoms with Gasteiger partial charge >= 0.3 is 5.97 Å². The number of hydrogen-bond donors (Lipinski definition) is 0. The Morgan fingerprint density at radius 1 is 1.12 bits per heavy atom. The third-order valence-electron chi connectivity index (χ3n) is 1.91. The highest BCUT2D eigenvalue weighted by atomic mass is 35.5. The molecule has 0 atom stereocenters. The van der Waals surface area contributed by atoms with Gasteiger partial charge in [0, 0.05) is 6.20 Å². The van der Waals surface area contributed by atoms with Crippen LogP contribution in [0.3, 0.4) is 0 Å². The number of carbonyl (C=O) groups is 1. The van der Waals surface area contributed by atoms with Crippen molar-refractivity contribution in [3.05, 3.63) is 59.4 Å². The van der Waals surface area contributed by atoms with Crippen LogP contribution in [0.25, 0.3) is 0 Å². The van der Waals surface area contributed by atoms with E-state index < -0.39 is 5.97 Å². The monoisotopic (exact) mass is 233 g/mol. The molecule has 16 heavy (non-hydrogen) atoms. The van der Waals surface area contributed by atoms with Crippen molar-refractivity contribution in [1.29, 1.82) is 0 Å². The summed E-state index contributed by atoms with van der Waals surface area (Å²) in [5, 5.41) is 0.395. The molecule has 80 valence electrons. The molecule has 0 fully saturated rings. The number of benzene rings is 1. The first-order valence-electron chi connectivity index (χ1n) is 4.65. The number of esters is 1. The number of ether oxygens (including phenoxy) is 1. The summed E-state index contributed by atoms with van der Waals surface area (Å²) in [6.07, 6.45) is 1.53. The minimum Gasteiger partial charge on any atom is -0.420 e. The van der Waals surface area contributed by atoms with Crippen LogP contribution in [0.5, 0.6) is 5.75 Å². The predicted octanol–water partition coefficient (Wildman–Crippen LogP) is 2.95. The number of pyridine rings is 1. The molecule has 0 aliphatic carbocycles. The standard InChI is InChI=1S/C12H8ClNO2/c13-9-5-1-2-7-11(9)16-12(15)10-6-3-4-8-14-10/h1-8H. The number of halogens is 1. The lowest BCUT2D eigenvalue weighted by Crippen LogP contribution is -2.10. The van der Waals surface area contributed by atoms with Crippen LogP contribution >= 0.6 is 11.6 Å². The first-order valence-corrected chi connectivity index (χ1v) is 5.03. The van der Waals surface area contributed by atoms with Gasteiger partial charge in [0.25, 0.3) is 0 Å². The van der Waals surface area contributed by atoms with Gasteiger partial charge in [0.15, 0.2) is 0 Å². The summed E-state index contributed by atoms with van der Waals surface area (Å²) < 4.78 is 5.10. The minimum atomic E-state index is -0.520. The molecule has 0 spiro atoms. The second-order valence-electron chi connectivity index (χ2n) is 3.03. The van der Waals surface area contributed by atoms with Gasteiger partial charge in [0.2, 0.25) is 0 Å². The van der Waals surface area contributed by atoms with Gasteiger partial charge in [-0.05, 0) is 24.3 Å². The van der Waals surface area contributed by atoms with Gasteiger partial charge in [-0.15, -0.1) is 0 Å². The third-order valence-corrected chi connectivity index (χ3v) is 2.23. The van der Waals surface area contributed by atoms with E-state index in [-0.39, 0.29) is 5.69 Å². The summed E-state index contributed by atoms with van der Waals surface area (Å²) >= 11 is 5.86. The maximum atomic E-state index is 11.6. The topological polar surface area (TPSA) is 39.2 Å². The molecule has 0 saturated carbocycles. The largest absolute Gasteiger partial charge is 0.420 e. The Balaban J connectivity index is 2.18. The zero-order chi connectivity index (χ0) is 11.4. The summed E-state index contributed by atoms with van der Waals surface area (Å²) in [5.74, 6) is -0.187. The Bertz CT molecular complexity index is 499. The fourth-order valence-electron chi connectivity index (χ4n) is 1.16. The van der Waals surface area contributed by atoms with E-state index >= 15 is 0 Å². The molecule has 1 aromatic carbocycles. The first-order chi connectivity index (χ1) is 7.77. The van der Waals surface area contributed by atoms with Crippen LogP contribution < -0.4 is 4.74 Å². The van der Waals surface area contributed by atoms with E-state index in [9.17, 15) is 4.79 Å².